The zero-order valence-electron chi connectivity index (χ0n) is 9.61. The lowest BCUT2D eigenvalue weighted by Gasteiger charge is -2.27. The molecule has 0 bridgehead atoms. The van der Waals surface area contributed by atoms with Gasteiger partial charge in [0.25, 0.3) is 0 Å². The molecular formula is C11H15ClN2O2S. The number of amides is 1. The minimum atomic E-state index is 0.0244. The highest BCUT2D eigenvalue weighted by Gasteiger charge is 2.27. The number of aromatic nitrogens is 1. The van der Waals surface area contributed by atoms with Crippen molar-refractivity contribution in [2.45, 2.75) is 32.3 Å². The van der Waals surface area contributed by atoms with Crippen LogP contribution < -0.4 is 5.32 Å². The molecule has 1 aromatic rings. The van der Waals surface area contributed by atoms with Gasteiger partial charge in [-0.05, 0) is 19.3 Å². The lowest BCUT2D eigenvalue weighted by atomic mass is 9.94. The SMILES string of the molecule is CCC1CC(C(=O)Nc2ncc(Cl)s2)CCO1. The van der Waals surface area contributed by atoms with E-state index in [1.54, 1.807) is 6.20 Å². The van der Waals surface area contributed by atoms with E-state index in [2.05, 4.69) is 17.2 Å². The molecule has 0 radical (unpaired) electrons. The van der Waals surface area contributed by atoms with Crippen molar-refractivity contribution in [3.63, 3.8) is 0 Å². The van der Waals surface area contributed by atoms with E-state index >= 15 is 0 Å². The minimum Gasteiger partial charge on any atom is -0.378 e. The molecule has 0 aromatic carbocycles. The molecule has 0 saturated carbocycles. The van der Waals surface area contributed by atoms with E-state index in [1.165, 1.54) is 11.3 Å². The van der Waals surface area contributed by atoms with Crippen LogP contribution in [0.5, 0.6) is 0 Å². The zero-order valence-corrected chi connectivity index (χ0v) is 11.2. The Morgan fingerprint density at radius 1 is 1.76 bits per heavy atom. The van der Waals surface area contributed by atoms with Crippen LogP contribution in [0.2, 0.25) is 4.34 Å². The van der Waals surface area contributed by atoms with Crippen LogP contribution in [0.15, 0.2) is 6.20 Å². The molecule has 94 valence electrons. The molecular weight excluding hydrogens is 260 g/mol. The molecule has 0 aliphatic carbocycles. The quantitative estimate of drug-likeness (QED) is 0.922. The second-order valence-electron chi connectivity index (χ2n) is 4.08. The minimum absolute atomic E-state index is 0.0244. The van der Waals surface area contributed by atoms with Gasteiger partial charge in [-0.1, -0.05) is 29.9 Å². The lowest BCUT2D eigenvalue weighted by Crippen LogP contribution is -2.33. The van der Waals surface area contributed by atoms with Gasteiger partial charge in [0.05, 0.1) is 12.3 Å². The van der Waals surface area contributed by atoms with Gasteiger partial charge in [0.2, 0.25) is 5.91 Å². The van der Waals surface area contributed by atoms with Crippen LogP contribution in [-0.4, -0.2) is 23.6 Å². The summed E-state index contributed by atoms with van der Waals surface area (Å²) in [5.74, 6) is 0.0501. The average molecular weight is 275 g/mol. The summed E-state index contributed by atoms with van der Waals surface area (Å²) in [5.41, 5.74) is 0. The number of carbonyl (C=O) groups is 1. The maximum absolute atomic E-state index is 12.0. The van der Waals surface area contributed by atoms with Gasteiger partial charge < -0.3 is 10.1 Å². The van der Waals surface area contributed by atoms with Crippen molar-refractivity contribution in [1.82, 2.24) is 4.98 Å². The van der Waals surface area contributed by atoms with Gasteiger partial charge in [-0.15, -0.1) is 0 Å². The fourth-order valence-electron chi connectivity index (χ4n) is 1.92. The van der Waals surface area contributed by atoms with Gasteiger partial charge in [-0.3, -0.25) is 4.79 Å². The van der Waals surface area contributed by atoms with Gasteiger partial charge >= 0.3 is 0 Å². The Hall–Kier alpha value is -0.650. The van der Waals surface area contributed by atoms with E-state index in [0.29, 0.717) is 16.1 Å². The van der Waals surface area contributed by atoms with E-state index in [1.807, 2.05) is 0 Å². The van der Waals surface area contributed by atoms with Gasteiger partial charge in [0.1, 0.15) is 4.34 Å². The first-order valence-corrected chi connectivity index (χ1v) is 6.92. The van der Waals surface area contributed by atoms with Crippen molar-refractivity contribution in [1.29, 1.82) is 0 Å². The molecule has 2 rings (SSSR count). The van der Waals surface area contributed by atoms with Crippen molar-refractivity contribution >= 4 is 34.0 Å². The smallest absolute Gasteiger partial charge is 0.229 e. The molecule has 1 fully saturated rings. The number of hydrogen-bond acceptors (Lipinski definition) is 4. The van der Waals surface area contributed by atoms with Gasteiger partial charge in [0.15, 0.2) is 5.13 Å². The maximum Gasteiger partial charge on any atom is 0.229 e. The topological polar surface area (TPSA) is 51.2 Å². The monoisotopic (exact) mass is 274 g/mol. The molecule has 1 saturated heterocycles. The van der Waals surface area contributed by atoms with E-state index in [4.69, 9.17) is 16.3 Å². The van der Waals surface area contributed by atoms with Crippen LogP contribution in [0.4, 0.5) is 5.13 Å². The molecule has 2 atom stereocenters. The molecule has 2 heterocycles. The van der Waals surface area contributed by atoms with Crippen LogP contribution in [0.25, 0.3) is 0 Å². The summed E-state index contributed by atoms with van der Waals surface area (Å²) in [4.78, 5) is 16.0. The average Bonchev–Trinajstić information content (AvgIpc) is 2.75. The number of nitrogens with zero attached hydrogens (tertiary/aromatic N) is 1. The highest BCUT2D eigenvalue weighted by Crippen LogP contribution is 2.26. The number of hydrogen-bond donors (Lipinski definition) is 1. The van der Waals surface area contributed by atoms with Crippen LogP contribution >= 0.6 is 22.9 Å². The molecule has 2 unspecified atom stereocenters. The summed E-state index contributed by atoms with van der Waals surface area (Å²) in [6, 6.07) is 0. The standard InChI is InChI=1S/C11H15ClN2O2S/c1-2-8-5-7(3-4-16-8)10(15)14-11-13-6-9(12)17-11/h6-8H,2-5H2,1H3,(H,13,14,15). The van der Waals surface area contributed by atoms with E-state index in [-0.39, 0.29) is 17.9 Å². The van der Waals surface area contributed by atoms with Gasteiger partial charge in [0, 0.05) is 12.5 Å². The molecule has 1 N–H and O–H groups in total. The Morgan fingerprint density at radius 3 is 3.24 bits per heavy atom. The van der Waals surface area contributed by atoms with E-state index in [0.717, 1.165) is 19.3 Å². The summed E-state index contributed by atoms with van der Waals surface area (Å²) < 4.78 is 6.13. The van der Waals surface area contributed by atoms with Gasteiger partial charge in [-0.2, -0.15) is 0 Å². The number of anilines is 1. The van der Waals surface area contributed by atoms with Crippen LogP contribution in [0.3, 0.4) is 0 Å². The normalized spacial score (nSPS) is 24.6. The van der Waals surface area contributed by atoms with Crippen molar-refractivity contribution < 1.29 is 9.53 Å². The van der Waals surface area contributed by atoms with E-state index < -0.39 is 0 Å². The predicted molar refractivity (Wildman–Crippen MR) is 68.5 cm³/mol. The maximum atomic E-state index is 12.0. The molecule has 0 spiro atoms. The number of carbonyl (C=O) groups excluding carboxylic acids is 1. The Morgan fingerprint density at radius 2 is 2.59 bits per heavy atom. The molecule has 1 aliphatic heterocycles. The Balaban J connectivity index is 1.91. The summed E-state index contributed by atoms with van der Waals surface area (Å²) >= 11 is 7.04. The van der Waals surface area contributed by atoms with Gasteiger partial charge in [-0.25, -0.2) is 4.98 Å². The first-order valence-electron chi connectivity index (χ1n) is 5.72. The summed E-state index contributed by atoms with van der Waals surface area (Å²) in [5, 5.41) is 3.37. The highest BCUT2D eigenvalue weighted by molar-refractivity contribution is 7.19. The molecule has 17 heavy (non-hydrogen) atoms. The fraction of sp³-hybridized carbons (Fsp3) is 0.636. The molecule has 1 aromatic heterocycles. The number of thiazole rings is 1. The second-order valence-corrected chi connectivity index (χ2v) is 5.74. The molecule has 1 aliphatic rings. The summed E-state index contributed by atoms with van der Waals surface area (Å²) in [6.07, 6.45) is 4.27. The first kappa shape index (κ1) is 12.8. The van der Waals surface area contributed by atoms with Crippen molar-refractivity contribution in [2.75, 3.05) is 11.9 Å². The van der Waals surface area contributed by atoms with Crippen LogP contribution in [0.1, 0.15) is 26.2 Å². The van der Waals surface area contributed by atoms with E-state index in [9.17, 15) is 4.79 Å². The largest absolute Gasteiger partial charge is 0.378 e. The number of rotatable bonds is 3. The number of ether oxygens (including phenoxy) is 1. The third kappa shape index (κ3) is 3.40. The molecule has 1 amide bonds. The molecule has 4 nitrogen and oxygen atoms in total. The third-order valence-corrected chi connectivity index (χ3v) is 3.93. The second kappa shape index (κ2) is 5.80. The van der Waals surface area contributed by atoms with Crippen LogP contribution in [0, 0.1) is 5.92 Å². The first-order chi connectivity index (χ1) is 8.19. The molecule has 6 heteroatoms. The predicted octanol–water partition coefficient (Wildman–Crippen LogP) is 2.94. The van der Waals surface area contributed by atoms with Crippen molar-refractivity contribution in [3.8, 4) is 0 Å². The van der Waals surface area contributed by atoms with Crippen molar-refractivity contribution in [2.24, 2.45) is 5.92 Å². The zero-order chi connectivity index (χ0) is 12.3. The third-order valence-electron chi connectivity index (χ3n) is 2.90. The summed E-state index contributed by atoms with van der Waals surface area (Å²) in [6.45, 7) is 2.74. The summed E-state index contributed by atoms with van der Waals surface area (Å²) in [7, 11) is 0. The van der Waals surface area contributed by atoms with Crippen molar-refractivity contribution in [3.05, 3.63) is 10.5 Å². The van der Waals surface area contributed by atoms with Crippen LogP contribution in [-0.2, 0) is 9.53 Å². The fourth-order valence-corrected chi connectivity index (χ4v) is 2.74. The number of nitrogens with one attached hydrogen (secondary N) is 1. The highest BCUT2D eigenvalue weighted by atomic mass is 35.5. The Kier molecular flexibility index (Phi) is 4.36. The Bertz CT molecular complexity index is 397. The Labute approximate surface area is 109 Å². The lowest BCUT2D eigenvalue weighted by molar-refractivity contribution is -0.124. The number of halogens is 1.